The highest BCUT2D eigenvalue weighted by Gasteiger charge is 2.42. The average molecular weight is 240 g/mol. The lowest BCUT2D eigenvalue weighted by Gasteiger charge is -2.54. The fraction of sp³-hybridized carbons (Fsp3) is 1.00. The summed E-state index contributed by atoms with van der Waals surface area (Å²) in [6.45, 7) is 16.4. The van der Waals surface area contributed by atoms with Gasteiger partial charge in [0.1, 0.15) is 0 Å². The summed E-state index contributed by atoms with van der Waals surface area (Å²) in [6.07, 6.45) is 5.06. The summed E-state index contributed by atoms with van der Waals surface area (Å²) >= 11 is 0. The highest BCUT2D eigenvalue weighted by atomic mass is 15.3. The summed E-state index contributed by atoms with van der Waals surface area (Å²) in [5.74, 6) is 0. The van der Waals surface area contributed by atoms with Crippen LogP contribution in [0, 0.1) is 0 Å². The zero-order valence-electron chi connectivity index (χ0n) is 12.8. The maximum absolute atomic E-state index is 3.81. The van der Waals surface area contributed by atoms with Crippen LogP contribution in [0.5, 0.6) is 0 Å². The molecule has 0 amide bonds. The Balaban J connectivity index is 2.82. The van der Waals surface area contributed by atoms with Crippen molar-refractivity contribution < 1.29 is 0 Å². The molecule has 1 heterocycles. The third-order valence-corrected chi connectivity index (χ3v) is 4.74. The van der Waals surface area contributed by atoms with Gasteiger partial charge in [-0.3, -0.25) is 4.90 Å². The van der Waals surface area contributed by atoms with Crippen molar-refractivity contribution in [1.82, 2.24) is 10.2 Å². The Labute approximate surface area is 108 Å². The number of hydrogen-bond acceptors (Lipinski definition) is 2. The quantitative estimate of drug-likeness (QED) is 0.792. The number of hydrogen-bond donors (Lipinski definition) is 1. The zero-order valence-corrected chi connectivity index (χ0v) is 12.8. The number of piperazine rings is 1. The van der Waals surface area contributed by atoms with Crippen molar-refractivity contribution in [2.75, 3.05) is 13.1 Å². The van der Waals surface area contributed by atoms with Gasteiger partial charge in [-0.15, -0.1) is 0 Å². The number of nitrogens with zero attached hydrogens (tertiary/aromatic N) is 1. The summed E-state index contributed by atoms with van der Waals surface area (Å²) in [5.41, 5.74) is 0.639. The van der Waals surface area contributed by atoms with E-state index in [4.69, 9.17) is 0 Å². The standard InChI is InChI=1S/C15H32N2/c1-7-10-13(4)17-12-15(8-2,9-3)16-11-14(17,5)6/h13,16H,7-12H2,1-6H3. The summed E-state index contributed by atoms with van der Waals surface area (Å²) < 4.78 is 0. The molecule has 2 heteroatoms. The minimum atomic E-state index is 0.294. The van der Waals surface area contributed by atoms with Crippen molar-refractivity contribution in [1.29, 1.82) is 0 Å². The van der Waals surface area contributed by atoms with Gasteiger partial charge in [0, 0.05) is 30.2 Å². The molecular formula is C15H32N2. The highest BCUT2D eigenvalue weighted by molar-refractivity contribution is 5.02. The van der Waals surface area contributed by atoms with Gasteiger partial charge in [-0.25, -0.2) is 0 Å². The first-order valence-electron chi connectivity index (χ1n) is 7.42. The minimum Gasteiger partial charge on any atom is -0.308 e. The Hall–Kier alpha value is -0.0800. The fourth-order valence-electron chi connectivity index (χ4n) is 3.15. The number of nitrogens with one attached hydrogen (secondary N) is 1. The van der Waals surface area contributed by atoms with Gasteiger partial charge in [-0.2, -0.15) is 0 Å². The van der Waals surface area contributed by atoms with E-state index in [1.54, 1.807) is 0 Å². The molecule has 1 atom stereocenters. The van der Waals surface area contributed by atoms with E-state index in [2.05, 4.69) is 51.8 Å². The van der Waals surface area contributed by atoms with E-state index >= 15 is 0 Å². The van der Waals surface area contributed by atoms with E-state index in [-0.39, 0.29) is 0 Å². The molecule has 1 rings (SSSR count). The molecule has 0 saturated carbocycles. The predicted octanol–water partition coefficient (Wildman–Crippen LogP) is 3.42. The Morgan fingerprint density at radius 1 is 1.18 bits per heavy atom. The monoisotopic (exact) mass is 240 g/mol. The first-order chi connectivity index (χ1) is 7.90. The molecular weight excluding hydrogens is 208 g/mol. The lowest BCUT2D eigenvalue weighted by molar-refractivity contribution is -0.00796. The van der Waals surface area contributed by atoms with Crippen LogP contribution in [0.3, 0.4) is 0 Å². The third-order valence-electron chi connectivity index (χ3n) is 4.74. The Morgan fingerprint density at radius 2 is 1.76 bits per heavy atom. The molecule has 0 spiro atoms. The van der Waals surface area contributed by atoms with Gasteiger partial charge in [-0.05, 0) is 40.0 Å². The smallest absolute Gasteiger partial charge is 0.0304 e. The molecule has 1 unspecified atom stereocenters. The summed E-state index contributed by atoms with van der Waals surface area (Å²) in [6, 6.07) is 0.703. The van der Waals surface area contributed by atoms with Gasteiger partial charge in [0.25, 0.3) is 0 Å². The second-order valence-electron chi connectivity index (χ2n) is 6.42. The lowest BCUT2D eigenvalue weighted by atomic mass is 9.83. The molecule has 0 aromatic rings. The van der Waals surface area contributed by atoms with Gasteiger partial charge in [0.15, 0.2) is 0 Å². The first kappa shape index (κ1) is 15.0. The van der Waals surface area contributed by atoms with E-state index in [0.29, 0.717) is 17.1 Å². The second-order valence-corrected chi connectivity index (χ2v) is 6.42. The molecule has 17 heavy (non-hydrogen) atoms. The van der Waals surface area contributed by atoms with Crippen LogP contribution in [-0.4, -0.2) is 35.1 Å². The van der Waals surface area contributed by atoms with Crippen molar-refractivity contribution in [3.8, 4) is 0 Å². The van der Waals surface area contributed by atoms with E-state index in [0.717, 1.165) is 6.54 Å². The molecule has 0 aromatic heterocycles. The van der Waals surface area contributed by atoms with E-state index in [1.165, 1.54) is 32.2 Å². The molecule has 1 aliphatic heterocycles. The van der Waals surface area contributed by atoms with Crippen molar-refractivity contribution in [3.05, 3.63) is 0 Å². The van der Waals surface area contributed by atoms with Crippen molar-refractivity contribution >= 4 is 0 Å². The second kappa shape index (κ2) is 5.71. The maximum Gasteiger partial charge on any atom is 0.0304 e. The maximum atomic E-state index is 3.81. The fourth-order valence-corrected chi connectivity index (χ4v) is 3.15. The van der Waals surface area contributed by atoms with Crippen LogP contribution in [0.4, 0.5) is 0 Å². The molecule has 1 N–H and O–H groups in total. The van der Waals surface area contributed by atoms with Crippen molar-refractivity contribution in [2.45, 2.75) is 84.3 Å². The van der Waals surface area contributed by atoms with E-state index in [9.17, 15) is 0 Å². The van der Waals surface area contributed by atoms with Crippen molar-refractivity contribution in [2.24, 2.45) is 0 Å². The van der Waals surface area contributed by atoms with Crippen LogP contribution in [0.15, 0.2) is 0 Å². The molecule has 102 valence electrons. The van der Waals surface area contributed by atoms with E-state index in [1.807, 2.05) is 0 Å². The average Bonchev–Trinajstić information content (AvgIpc) is 2.30. The topological polar surface area (TPSA) is 15.3 Å². The van der Waals surface area contributed by atoms with Crippen LogP contribution in [-0.2, 0) is 0 Å². The molecule has 0 bridgehead atoms. The van der Waals surface area contributed by atoms with Crippen LogP contribution >= 0.6 is 0 Å². The molecule has 2 nitrogen and oxygen atoms in total. The Bertz CT molecular complexity index is 231. The minimum absolute atomic E-state index is 0.294. The summed E-state index contributed by atoms with van der Waals surface area (Å²) in [4.78, 5) is 2.74. The van der Waals surface area contributed by atoms with Gasteiger partial charge in [-0.1, -0.05) is 27.2 Å². The molecule has 0 aromatic carbocycles. The highest BCUT2D eigenvalue weighted by Crippen LogP contribution is 2.30. The van der Waals surface area contributed by atoms with Crippen LogP contribution in [0.2, 0.25) is 0 Å². The van der Waals surface area contributed by atoms with Gasteiger partial charge in [0.05, 0.1) is 0 Å². The first-order valence-corrected chi connectivity index (χ1v) is 7.42. The Morgan fingerprint density at radius 3 is 2.24 bits per heavy atom. The van der Waals surface area contributed by atoms with Gasteiger partial charge < -0.3 is 5.32 Å². The van der Waals surface area contributed by atoms with E-state index < -0.39 is 0 Å². The van der Waals surface area contributed by atoms with Gasteiger partial charge >= 0.3 is 0 Å². The Kier molecular flexibility index (Phi) is 5.03. The van der Waals surface area contributed by atoms with Crippen LogP contribution < -0.4 is 5.32 Å². The molecule has 1 saturated heterocycles. The lowest BCUT2D eigenvalue weighted by Crippen LogP contribution is -2.69. The third kappa shape index (κ3) is 3.23. The summed E-state index contributed by atoms with van der Waals surface area (Å²) in [5, 5.41) is 3.81. The SMILES string of the molecule is CCCC(C)N1CC(CC)(CC)NCC1(C)C. The zero-order chi connectivity index (χ0) is 13.1. The number of rotatable bonds is 5. The molecule has 1 fully saturated rings. The van der Waals surface area contributed by atoms with Crippen molar-refractivity contribution in [3.63, 3.8) is 0 Å². The molecule has 1 aliphatic rings. The predicted molar refractivity (Wildman–Crippen MR) is 76.5 cm³/mol. The summed E-state index contributed by atoms with van der Waals surface area (Å²) in [7, 11) is 0. The van der Waals surface area contributed by atoms with Crippen LogP contribution in [0.1, 0.15) is 67.2 Å². The largest absolute Gasteiger partial charge is 0.308 e. The molecule has 0 radical (unpaired) electrons. The van der Waals surface area contributed by atoms with Gasteiger partial charge in [0.2, 0.25) is 0 Å². The normalized spacial score (nSPS) is 25.8. The molecule has 0 aliphatic carbocycles. The van der Waals surface area contributed by atoms with Crippen LogP contribution in [0.25, 0.3) is 0 Å².